The lowest BCUT2D eigenvalue weighted by Gasteiger charge is -2.06. The number of carbonyl (C=O) groups is 1. The van der Waals surface area contributed by atoms with Crippen molar-refractivity contribution in [2.75, 3.05) is 6.61 Å². The van der Waals surface area contributed by atoms with Gasteiger partial charge in [0.2, 0.25) is 0 Å². The van der Waals surface area contributed by atoms with Gasteiger partial charge in [-0.25, -0.2) is 5.43 Å². The smallest absolute Gasteiger partial charge is 0.307 e. The van der Waals surface area contributed by atoms with Crippen LogP contribution < -0.4 is 10.2 Å². The molecule has 0 aliphatic carbocycles. The van der Waals surface area contributed by atoms with E-state index in [2.05, 4.69) is 33.0 Å². The van der Waals surface area contributed by atoms with E-state index >= 15 is 0 Å². The van der Waals surface area contributed by atoms with Crippen LogP contribution in [-0.2, 0) is 0 Å². The molecule has 0 bridgehead atoms. The average molecular weight is 434 g/mol. The van der Waals surface area contributed by atoms with Gasteiger partial charge in [-0.1, -0.05) is 24.3 Å². The van der Waals surface area contributed by atoms with Crippen LogP contribution in [0.15, 0.2) is 69.1 Å². The number of furan rings is 1. The van der Waals surface area contributed by atoms with Crippen molar-refractivity contribution in [1.82, 2.24) is 5.43 Å². The summed E-state index contributed by atoms with van der Waals surface area (Å²) in [6, 6.07) is 12.2. The number of ether oxygens (including phenoxy) is 1. The van der Waals surface area contributed by atoms with E-state index < -0.39 is 5.91 Å². The Labute approximate surface area is 163 Å². The molecule has 0 saturated carbocycles. The van der Waals surface area contributed by atoms with Gasteiger partial charge in [0, 0.05) is 10.4 Å². The van der Waals surface area contributed by atoms with E-state index in [4.69, 9.17) is 20.8 Å². The molecule has 7 heteroatoms. The Morgan fingerprint density at radius 2 is 2.15 bits per heavy atom. The number of hydrazone groups is 1. The molecule has 132 valence electrons. The Kier molecular flexibility index (Phi) is 5.75. The van der Waals surface area contributed by atoms with Gasteiger partial charge in [-0.3, -0.25) is 4.79 Å². The Morgan fingerprint density at radius 1 is 1.31 bits per heavy atom. The monoisotopic (exact) mass is 432 g/mol. The highest BCUT2D eigenvalue weighted by Crippen LogP contribution is 2.25. The number of amides is 1. The molecule has 3 rings (SSSR count). The Bertz CT molecular complexity index is 998. The van der Waals surface area contributed by atoms with Crippen molar-refractivity contribution >= 4 is 50.6 Å². The Morgan fingerprint density at radius 3 is 2.92 bits per heavy atom. The summed E-state index contributed by atoms with van der Waals surface area (Å²) in [6.45, 7) is 4.03. The summed E-state index contributed by atoms with van der Waals surface area (Å²) in [4.78, 5) is 12.1. The van der Waals surface area contributed by atoms with Gasteiger partial charge >= 0.3 is 5.91 Å². The molecule has 2 aromatic carbocycles. The second-order valence-electron chi connectivity index (χ2n) is 5.28. The zero-order chi connectivity index (χ0) is 18.5. The fourth-order valence-corrected chi connectivity index (χ4v) is 2.90. The fraction of sp³-hybridized carbons (Fsp3) is 0.0526. The predicted molar refractivity (Wildman–Crippen MR) is 106 cm³/mol. The second kappa shape index (κ2) is 8.21. The molecule has 0 atom stereocenters. The van der Waals surface area contributed by atoms with Crippen LogP contribution in [0.5, 0.6) is 5.75 Å². The number of carbonyl (C=O) groups excluding carboxylic acids is 1. The minimum atomic E-state index is -0.446. The van der Waals surface area contributed by atoms with Crippen LogP contribution in [-0.4, -0.2) is 18.7 Å². The Balaban J connectivity index is 1.66. The van der Waals surface area contributed by atoms with Crippen molar-refractivity contribution in [2.45, 2.75) is 0 Å². The number of hydrogen-bond acceptors (Lipinski definition) is 4. The number of nitrogens with one attached hydrogen (secondary N) is 1. The molecule has 0 aliphatic rings. The van der Waals surface area contributed by atoms with Crippen LogP contribution in [0.1, 0.15) is 16.1 Å². The third kappa shape index (κ3) is 4.33. The third-order valence-electron chi connectivity index (χ3n) is 3.39. The van der Waals surface area contributed by atoms with Crippen LogP contribution in [0.2, 0.25) is 5.02 Å². The maximum Gasteiger partial charge on any atom is 0.307 e. The number of nitrogens with zero attached hydrogens (tertiary/aromatic N) is 1. The first kappa shape index (κ1) is 18.2. The molecule has 0 spiro atoms. The lowest BCUT2D eigenvalue weighted by atomic mass is 10.2. The van der Waals surface area contributed by atoms with E-state index in [-0.39, 0.29) is 5.76 Å². The van der Waals surface area contributed by atoms with E-state index in [0.717, 1.165) is 15.4 Å². The lowest BCUT2D eigenvalue weighted by Crippen LogP contribution is -2.16. The maximum absolute atomic E-state index is 12.1. The van der Waals surface area contributed by atoms with E-state index in [1.54, 1.807) is 36.4 Å². The third-order valence-corrected chi connectivity index (χ3v) is 4.25. The summed E-state index contributed by atoms with van der Waals surface area (Å²) in [5.41, 5.74) is 3.81. The van der Waals surface area contributed by atoms with E-state index in [9.17, 15) is 4.79 Å². The second-order valence-corrected chi connectivity index (χ2v) is 6.57. The van der Waals surface area contributed by atoms with Crippen LogP contribution in [0.3, 0.4) is 0 Å². The fourth-order valence-electron chi connectivity index (χ4n) is 2.21. The van der Waals surface area contributed by atoms with Crippen LogP contribution in [0.25, 0.3) is 11.0 Å². The van der Waals surface area contributed by atoms with Gasteiger partial charge in [-0.05, 0) is 64.0 Å². The number of rotatable bonds is 6. The summed E-state index contributed by atoms with van der Waals surface area (Å²) >= 11 is 9.35. The van der Waals surface area contributed by atoms with Crippen molar-refractivity contribution in [1.29, 1.82) is 0 Å². The summed E-state index contributed by atoms with van der Waals surface area (Å²) in [5.74, 6) is 0.416. The molecule has 0 unspecified atom stereocenters. The molecule has 0 aliphatic heterocycles. The highest BCUT2D eigenvalue weighted by molar-refractivity contribution is 9.10. The number of benzene rings is 2. The highest BCUT2D eigenvalue weighted by Gasteiger charge is 2.11. The van der Waals surface area contributed by atoms with Crippen molar-refractivity contribution in [3.8, 4) is 5.75 Å². The molecule has 0 saturated heterocycles. The molecule has 0 fully saturated rings. The quantitative estimate of drug-likeness (QED) is 0.331. The maximum atomic E-state index is 12.1. The van der Waals surface area contributed by atoms with Crippen molar-refractivity contribution in [3.05, 3.63) is 75.9 Å². The van der Waals surface area contributed by atoms with Gasteiger partial charge in [0.1, 0.15) is 17.9 Å². The topological polar surface area (TPSA) is 63.8 Å². The van der Waals surface area contributed by atoms with Gasteiger partial charge in [-0.15, -0.1) is 0 Å². The first-order chi connectivity index (χ1) is 12.6. The standard InChI is InChI=1S/C19H14BrClN2O3/c1-2-7-25-17-5-3-12(8-15(17)20)11-22-23-19(24)18-10-13-9-14(21)4-6-16(13)26-18/h2-6,8-11H,1,7H2,(H,23,24)/b22-11+. The number of halogens is 2. The number of fused-ring (bicyclic) bond motifs is 1. The van der Waals surface area contributed by atoms with Crippen molar-refractivity contribution < 1.29 is 13.9 Å². The molecule has 1 heterocycles. The molecular formula is C19H14BrClN2O3. The van der Waals surface area contributed by atoms with Crippen LogP contribution in [0, 0.1) is 0 Å². The highest BCUT2D eigenvalue weighted by atomic mass is 79.9. The largest absolute Gasteiger partial charge is 0.488 e. The van der Waals surface area contributed by atoms with Gasteiger partial charge < -0.3 is 9.15 Å². The summed E-state index contributed by atoms with van der Waals surface area (Å²) in [6.07, 6.45) is 3.20. The predicted octanol–water partition coefficient (Wildman–Crippen LogP) is 5.18. The zero-order valence-corrected chi connectivity index (χ0v) is 15.9. The molecule has 1 aromatic heterocycles. The average Bonchev–Trinajstić information content (AvgIpc) is 3.04. The first-order valence-electron chi connectivity index (χ1n) is 7.62. The molecule has 3 aromatic rings. The molecular weight excluding hydrogens is 420 g/mol. The summed E-state index contributed by atoms with van der Waals surface area (Å²) in [7, 11) is 0. The zero-order valence-electron chi connectivity index (χ0n) is 13.5. The molecule has 0 radical (unpaired) electrons. The molecule has 5 nitrogen and oxygen atoms in total. The van der Waals surface area contributed by atoms with E-state index in [1.807, 2.05) is 12.1 Å². The van der Waals surface area contributed by atoms with Gasteiger partial charge in [0.15, 0.2) is 5.76 Å². The summed E-state index contributed by atoms with van der Waals surface area (Å²) < 4.78 is 11.7. The van der Waals surface area contributed by atoms with E-state index in [0.29, 0.717) is 23.0 Å². The van der Waals surface area contributed by atoms with Crippen LogP contribution in [0.4, 0.5) is 0 Å². The Hall–Kier alpha value is -2.57. The molecule has 26 heavy (non-hydrogen) atoms. The van der Waals surface area contributed by atoms with Gasteiger partial charge in [-0.2, -0.15) is 5.10 Å². The lowest BCUT2D eigenvalue weighted by molar-refractivity contribution is 0.0929. The first-order valence-corrected chi connectivity index (χ1v) is 8.79. The van der Waals surface area contributed by atoms with Crippen molar-refractivity contribution in [2.24, 2.45) is 5.10 Å². The van der Waals surface area contributed by atoms with Crippen molar-refractivity contribution in [3.63, 3.8) is 0 Å². The normalized spacial score (nSPS) is 11.0. The number of hydrogen-bond donors (Lipinski definition) is 1. The minimum absolute atomic E-state index is 0.161. The molecule has 1 N–H and O–H groups in total. The SMILES string of the molecule is C=CCOc1ccc(/C=N/NC(=O)c2cc3cc(Cl)ccc3o2)cc1Br. The van der Waals surface area contributed by atoms with Gasteiger partial charge in [0.05, 0.1) is 10.7 Å². The molecule has 1 amide bonds. The summed E-state index contributed by atoms with van der Waals surface area (Å²) in [5, 5.41) is 5.28. The van der Waals surface area contributed by atoms with Gasteiger partial charge in [0.25, 0.3) is 0 Å². The van der Waals surface area contributed by atoms with E-state index in [1.165, 1.54) is 6.21 Å². The van der Waals surface area contributed by atoms with Crippen LogP contribution >= 0.6 is 27.5 Å². The minimum Gasteiger partial charge on any atom is -0.488 e.